The topological polar surface area (TPSA) is 204 Å². The normalized spacial score (nSPS) is 29.2. The number of hydrogen-bond donors (Lipinski definition) is 3. The van der Waals surface area contributed by atoms with Crippen molar-refractivity contribution >= 4 is 68.3 Å². The van der Waals surface area contributed by atoms with E-state index in [-0.39, 0.29) is 141 Å². The molecule has 2 aromatic carbocycles. The maximum atomic E-state index is 17.2. The number of aromatic nitrogens is 6. The minimum Gasteiger partial charge on any atom is -0.489 e. The fourth-order valence-corrected chi connectivity index (χ4v) is 18.7. The number of rotatable bonds is 10. The average Bonchev–Trinajstić information content (AvgIpc) is 1.71. The van der Waals surface area contributed by atoms with Gasteiger partial charge in [0.2, 0.25) is 0 Å². The van der Waals surface area contributed by atoms with Crippen LogP contribution in [-0.4, -0.2) is 191 Å². The average molecular weight is 1400 g/mol. The Hall–Kier alpha value is -6.50. The summed E-state index contributed by atoms with van der Waals surface area (Å²) in [6, 6.07) is 1.84. The molecule has 97 heavy (non-hydrogen) atoms. The third-order valence-corrected chi connectivity index (χ3v) is 23.2. The van der Waals surface area contributed by atoms with E-state index in [1.807, 2.05) is 0 Å². The number of anilines is 4. The van der Waals surface area contributed by atoms with E-state index in [1.54, 1.807) is 0 Å². The molecule has 17 heterocycles. The Morgan fingerprint density at radius 1 is 0.629 bits per heavy atom. The molecule has 0 spiro atoms. The molecule has 0 aliphatic carbocycles. The number of pyridine rings is 2. The standard InChI is InChI=1S/C35H39ClF5N7O3.C31H33ClF5N7O2/c1-17-7-23(42)43-29(26(17)35(39,40)41)24-27(36)31-25-30(28(24)38)44-33(51-16-34-5-2-6-47(34)11-20(37)8-34)45-32(25)48-12-21-4-3-19(22(48)15-50-31)10-46(21)9-18-13-49-14-18;1-14-7-19(38)40-25(22(14)31(35,36)37)20-23(32)27-21-26(24(20)34)41-29(46-13-30-5-2-6-43(30)10-16(33)8-30)42-28(21)44-11-17-4-3-15(9-39-17)18(44)12-45-27/h7,18-22H,2-6,8-16H2,1H3,(H2,42,43);7,15-18,39H,2-6,8-13H2,1H3,(H2,38,40)/t19-,20-,21-,22-,34+;15-,16-,17-,18-,30+/m11/s1. The highest BCUT2D eigenvalue weighted by Gasteiger charge is 2.53. The number of benzene rings is 2. The second-order valence-electron chi connectivity index (χ2n) is 28.5. The van der Waals surface area contributed by atoms with Gasteiger partial charge in [0.05, 0.1) is 90.8 Å². The lowest BCUT2D eigenvalue weighted by atomic mass is 9.89. The first kappa shape index (κ1) is 65.1. The number of fused-ring (bicyclic) bond motifs is 6. The molecule has 10 atom stereocenters. The Bertz CT molecular complexity index is 4150. The van der Waals surface area contributed by atoms with Gasteiger partial charge in [-0.1, -0.05) is 23.2 Å². The molecule has 13 aliphatic rings. The second kappa shape index (κ2) is 24.1. The zero-order valence-electron chi connectivity index (χ0n) is 53.2. The van der Waals surface area contributed by atoms with E-state index < -0.39 is 81.0 Å². The van der Waals surface area contributed by atoms with E-state index in [9.17, 15) is 35.1 Å². The summed E-state index contributed by atoms with van der Waals surface area (Å²) in [7, 11) is 0. The van der Waals surface area contributed by atoms with Crippen molar-refractivity contribution in [1.29, 1.82) is 0 Å². The number of nitrogens with one attached hydrogen (secondary N) is 1. The zero-order valence-corrected chi connectivity index (χ0v) is 54.7. The van der Waals surface area contributed by atoms with Gasteiger partial charge in [-0.2, -0.15) is 46.3 Å². The summed E-state index contributed by atoms with van der Waals surface area (Å²) in [6.45, 7) is 10.2. The monoisotopic (exact) mass is 1400 g/mol. The number of piperidine rings is 2. The lowest BCUT2D eigenvalue weighted by Gasteiger charge is -2.40. The van der Waals surface area contributed by atoms with Gasteiger partial charge in [0.1, 0.15) is 73.1 Å². The van der Waals surface area contributed by atoms with Crippen LogP contribution in [0, 0.1) is 43.2 Å². The summed E-state index contributed by atoms with van der Waals surface area (Å²) in [6.07, 6.45) is -4.08. The van der Waals surface area contributed by atoms with Gasteiger partial charge in [0.25, 0.3) is 0 Å². The Morgan fingerprint density at radius 2 is 1.12 bits per heavy atom. The molecule has 5 N–H and O–H groups in total. The molecule has 11 fully saturated rings. The molecular weight excluding hydrogens is 1330 g/mol. The summed E-state index contributed by atoms with van der Waals surface area (Å²) in [4.78, 5) is 37.5. The largest absolute Gasteiger partial charge is 0.489 e. The van der Waals surface area contributed by atoms with E-state index in [1.165, 1.54) is 13.8 Å². The fourth-order valence-electron chi connectivity index (χ4n) is 18.0. The number of ether oxygens (including phenoxy) is 5. The van der Waals surface area contributed by atoms with Gasteiger partial charge < -0.3 is 50.3 Å². The van der Waals surface area contributed by atoms with Gasteiger partial charge in [0.15, 0.2) is 23.1 Å². The molecule has 31 heteroatoms. The maximum Gasteiger partial charge on any atom is 0.418 e. The van der Waals surface area contributed by atoms with Crippen LogP contribution in [0.15, 0.2) is 12.1 Å². The van der Waals surface area contributed by atoms with E-state index in [0.29, 0.717) is 56.6 Å². The Morgan fingerprint density at radius 3 is 1.60 bits per heavy atom. The second-order valence-corrected chi connectivity index (χ2v) is 29.3. The van der Waals surface area contributed by atoms with Crippen molar-refractivity contribution in [3.05, 3.63) is 56.1 Å². The molecule has 11 saturated heterocycles. The lowest BCUT2D eigenvalue weighted by molar-refractivity contribution is -0.138. The lowest BCUT2D eigenvalue weighted by Crippen LogP contribution is -2.49. The quantitative estimate of drug-likeness (QED) is 0.109. The highest BCUT2D eigenvalue weighted by atomic mass is 35.5. The predicted octanol–water partition coefficient (Wildman–Crippen LogP) is 11.0. The van der Waals surface area contributed by atoms with Crippen LogP contribution in [0.4, 0.5) is 67.2 Å². The summed E-state index contributed by atoms with van der Waals surface area (Å²) < 4.78 is 181. The van der Waals surface area contributed by atoms with Crippen molar-refractivity contribution in [2.45, 2.75) is 138 Å². The van der Waals surface area contributed by atoms with Gasteiger partial charge in [-0.3, -0.25) is 14.7 Å². The molecule has 0 radical (unpaired) electrons. The van der Waals surface area contributed by atoms with Crippen LogP contribution in [0.3, 0.4) is 0 Å². The fraction of sp³-hybridized carbons (Fsp3) is 0.606. The molecule has 4 aromatic heterocycles. The molecule has 0 saturated carbocycles. The summed E-state index contributed by atoms with van der Waals surface area (Å²) in [5.74, 6) is -1.21. The number of alkyl halides is 8. The Balaban J connectivity index is 0.000000153. The third kappa shape index (κ3) is 11.1. The van der Waals surface area contributed by atoms with Crippen LogP contribution >= 0.6 is 23.2 Å². The van der Waals surface area contributed by atoms with Gasteiger partial charge in [-0.05, 0) is 113 Å². The molecule has 19 nitrogen and oxygen atoms in total. The van der Waals surface area contributed by atoms with Crippen LogP contribution in [-0.2, 0) is 17.1 Å². The SMILES string of the molecule is Cc1cc(N)nc(-c2c(Cl)c3c4c(nc(OC[C@@]56CCCN5C[C@H](F)C6)nc4c2F)N2C[C@H]4CC[C@H](CN4)[C@H]2CO3)c1C(F)(F)F.Cc1cc(N)nc(-c2c(Cl)c3c4c(nc(OC[C@@]56CCCN5C[C@H](F)C6)nc4c2F)N2C[C@H]4CC[C@H](CN4CC4COC4)[C@H]2CO3)c1C(F)(F)F. The third-order valence-electron chi connectivity index (χ3n) is 22.5. The summed E-state index contributed by atoms with van der Waals surface area (Å²) in [5, 5.41) is 3.15. The van der Waals surface area contributed by atoms with Crippen molar-refractivity contribution in [3.63, 3.8) is 0 Å². The number of nitrogens with two attached hydrogens (primary N) is 2. The van der Waals surface area contributed by atoms with Crippen LogP contribution in [0.2, 0.25) is 10.0 Å². The first-order valence-electron chi connectivity index (χ1n) is 33.4. The number of aryl methyl sites for hydroxylation is 2. The Kier molecular flexibility index (Phi) is 16.2. The van der Waals surface area contributed by atoms with Crippen LogP contribution in [0.5, 0.6) is 23.5 Å². The van der Waals surface area contributed by atoms with Crippen molar-refractivity contribution < 1.29 is 67.6 Å². The van der Waals surface area contributed by atoms with Gasteiger partial charge >= 0.3 is 24.4 Å². The predicted molar refractivity (Wildman–Crippen MR) is 341 cm³/mol. The molecule has 13 aliphatic heterocycles. The smallest absolute Gasteiger partial charge is 0.418 e. The first-order chi connectivity index (χ1) is 46.3. The van der Waals surface area contributed by atoms with Crippen molar-refractivity contribution in [2.24, 2.45) is 17.8 Å². The van der Waals surface area contributed by atoms with Crippen molar-refractivity contribution in [1.82, 2.24) is 49.9 Å². The number of hydrogen-bond acceptors (Lipinski definition) is 19. The minimum absolute atomic E-state index is 0.0105. The van der Waals surface area contributed by atoms with E-state index >= 15 is 8.78 Å². The Labute approximate surface area is 561 Å². The highest BCUT2D eigenvalue weighted by molar-refractivity contribution is 6.37. The van der Waals surface area contributed by atoms with Crippen molar-refractivity contribution in [2.75, 3.05) is 120 Å². The van der Waals surface area contributed by atoms with E-state index in [2.05, 4.69) is 49.8 Å². The van der Waals surface area contributed by atoms with E-state index in [4.69, 9.17) is 68.3 Å². The molecule has 520 valence electrons. The number of nitrogens with zero attached hydrogens (tertiary/aromatic N) is 11. The number of nitrogen functional groups attached to an aromatic ring is 2. The van der Waals surface area contributed by atoms with Crippen molar-refractivity contribution in [3.8, 4) is 46.0 Å². The molecule has 4 bridgehead atoms. The van der Waals surface area contributed by atoms with Gasteiger partial charge in [-0.15, -0.1) is 0 Å². The van der Waals surface area contributed by atoms with E-state index in [0.717, 1.165) is 109 Å². The molecular formula is C66H72Cl2F10N14O5. The van der Waals surface area contributed by atoms with Gasteiger partial charge in [-0.25, -0.2) is 27.5 Å². The van der Waals surface area contributed by atoms with Crippen LogP contribution in [0.25, 0.3) is 44.3 Å². The van der Waals surface area contributed by atoms with Crippen LogP contribution in [0.1, 0.15) is 86.5 Å². The molecule has 19 rings (SSSR count). The maximum absolute atomic E-state index is 17.2. The number of halogens is 12. The van der Waals surface area contributed by atoms with Crippen LogP contribution < -0.4 is 45.5 Å². The molecule has 0 amide bonds. The first-order valence-corrected chi connectivity index (χ1v) is 34.1. The summed E-state index contributed by atoms with van der Waals surface area (Å²) in [5.41, 5.74) is 4.67. The minimum atomic E-state index is -4.90. The molecule has 6 aromatic rings. The molecule has 0 unspecified atom stereocenters. The zero-order chi connectivity index (χ0) is 67.5. The van der Waals surface area contributed by atoms with Gasteiger partial charge in [0, 0.05) is 76.7 Å². The summed E-state index contributed by atoms with van der Waals surface area (Å²) >= 11 is 13.8. The highest BCUT2D eigenvalue weighted by Crippen LogP contribution is 2.55.